The number of nitrogens with zero attached hydrogens (tertiary/aromatic N) is 4. The molecule has 1 aromatic carbocycles. The van der Waals surface area contributed by atoms with Gasteiger partial charge in [0.2, 0.25) is 5.91 Å². The first-order valence-corrected chi connectivity index (χ1v) is 10.8. The van der Waals surface area contributed by atoms with Gasteiger partial charge in [0.1, 0.15) is 22.9 Å². The third-order valence-corrected chi connectivity index (χ3v) is 5.42. The van der Waals surface area contributed by atoms with Crippen LogP contribution < -0.4 is 20.9 Å². The molecule has 0 saturated carbocycles. The molecule has 0 unspecified atom stereocenters. The van der Waals surface area contributed by atoms with E-state index in [0.717, 1.165) is 0 Å². The summed E-state index contributed by atoms with van der Waals surface area (Å²) in [5.74, 6) is 6.39. The van der Waals surface area contributed by atoms with Gasteiger partial charge < -0.3 is 30.7 Å². The molecule has 2 aromatic rings. The van der Waals surface area contributed by atoms with Crippen LogP contribution in [0.4, 0.5) is 5.82 Å². The maximum absolute atomic E-state index is 12.5. The minimum absolute atomic E-state index is 0.0676. The molecule has 1 fully saturated rings. The zero-order chi connectivity index (χ0) is 24.8. The molecule has 1 saturated heterocycles. The SMILES string of the molecule is COc1cc(C#Cc2nn([C@H]3CCN(C(=O)/C=C/CN(C)C)C3)c(N)c2C(N)=O)cc(OC)c1. The van der Waals surface area contributed by atoms with E-state index in [1.54, 1.807) is 48.1 Å². The fourth-order valence-corrected chi connectivity index (χ4v) is 3.68. The molecule has 2 heterocycles. The second-order valence-corrected chi connectivity index (χ2v) is 8.16. The second-order valence-electron chi connectivity index (χ2n) is 8.16. The highest BCUT2D eigenvalue weighted by molar-refractivity contribution is 5.99. The fraction of sp³-hybridized carbons (Fsp3) is 0.375. The van der Waals surface area contributed by atoms with Gasteiger partial charge in [0.25, 0.3) is 5.91 Å². The van der Waals surface area contributed by atoms with E-state index in [4.69, 9.17) is 20.9 Å². The first kappa shape index (κ1) is 24.7. The number of aromatic nitrogens is 2. The van der Waals surface area contributed by atoms with Gasteiger partial charge in [0, 0.05) is 37.3 Å². The lowest BCUT2D eigenvalue weighted by Crippen LogP contribution is -2.28. The number of ether oxygens (including phenoxy) is 2. The van der Waals surface area contributed by atoms with E-state index < -0.39 is 5.91 Å². The Hall–Kier alpha value is -3.97. The highest BCUT2D eigenvalue weighted by atomic mass is 16.5. The van der Waals surface area contributed by atoms with Crippen molar-refractivity contribution in [2.24, 2.45) is 5.73 Å². The number of primary amides is 1. The van der Waals surface area contributed by atoms with Crippen molar-refractivity contribution in [2.45, 2.75) is 12.5 Å². The number of hydrogen-bond donors (Lipinski definition) is 2. The van der Waals surface area contributed by atoms with Crippen molar-refractivity contribution in [3.8, 4) is 23.3 Å². The van der Waals surface area contributed by atoms with Gasteiger partial charge in [-0.3, -0.25) is 9.59 Å². The van der Waals surface area contributed by atoms with Crippen molar-refractivity contribution < 1.29 is 19.1 Å². The maximum atomic E-state index is 12.5. The Morgan fingerprint density at radius 3 is 2.47 bits per heavy atom. The van der Waals surface area contributed by atoms with Gasteiger partial charge in [0.05, 0.1) is 20.3 Å². The predicted octanol–water partition coefficient (Wildman–Crippen LogP) is 0.872. The van der Waals surface area contributed by atoms with E-state index in [1.807, 2.05) is 25.1 Å². The summed E-state index contributed by atoms with van der Waals surface area (Å²) in [4.78, 5) is 28.3. The van der Waals surface area contributed by atoms with Gasteiger partial charge in [-0.2, -0.15) is 5.10 Å². The van der Waals surface area contributed by atoms with Crippen LogP contribution in [0.2, 0.25) is 0 Å². The second kappa shape index (κ2) is 10.8. The minimum atomic E-state index is -0.714. The van der Waals surface area contributed by atoms with Crippen LogP contribution >= 0.6 is 0 Å². The lowest BCUT2D eigenvalue weighted by atomic mass is 10.1. The number of nitrogens with two attached hydrogens (primary N) is 2. The van der Waals surface area contributed by atoms with E-state index in [-0.39, 0.29) is 29.0 Å². The molecule has 180 valence electrons. The number of carbonyl (C=O) groups excluding carboxylic acids is 2. The minimum Gasteiger partial charge on any atom is -0.497 e. The average Bonchev–Trinajstić information content (AvgIpc) is 3.41. The smallest absolute Gasteiger partial charge is 0.255 e. The molecule has 3 rings (SSSR count). The van der Waals surface area contributed by atoms with Crippen LogP contribution in [0.3, 0.4) is 0 Å². The van der Waals surface area contributed by atoms with Crippen LogP contribution in [0.25, 0.3) is 0 Å². The third-order valence-electron chi connectivity index (χ3n) is 5.42. The summed E-state index contributed by atoms with van der Waals surface area (Å²) in [7, 11) is 6.96. The largest absolute Gasteiger partial charge is 0.497 e. The molecule has 1 aromatic heterocycles. The quantitative estimate of drug-likeness (QED) is 0.458. The van der Waals surface area contributed by atoms with E-state index in [9.17, 15) is 9.59 Å². The van der Waals surface area contributed by atoms with Crippen LogP contribution in [-0.2, 0) is 4.79 Å². The summed E-state index contributed by atoms with van der Waals surface area (Å²) in [5, 5.41) is 4.48. The molecule has 10 nitrogen and oxygen atoms in total. The van der Waals surface area contributed by atoms with E-state index in [2.05, 4.69) is 16.9 Å². The van der Waals surface area contributed by atoms with Crippen molar-refractivity contribution >= 4 is 17.6 Å². The highest BCUT2D eigenvalue weighted by Gasteiger charge is 2.30. The summed E-state index contributed by atoms with van der Waals surface area (Å²) in [6.07, 6.45) is 4.05. The first-order chi connectivity index (χ1) is 16.2. The number of methoxy groups -OCH3 is 2. The van der Waals surface area contributed by atoms with Crippen LogP contribution in [0.5, 0.6) is 11.5 Å². The predicted molar refractivity (Wildman–Crippen MR) is 129 cm³/mol. The third kappa shape index (κ3) is 5.68. The van der Waals surface area contributed by atoms with Gasteiger partial charge in [0.15, 0.2) is 5.69 Å². The zero-order valence-corrected chi connectivity index (χ0v) is 19.9. The number of carbonyl (C=O) groups is 2. The topological polar surface area (TPSA) is 129 Å². The molecule has 0 spiro atoms. The van der Waals surface area contributed by atoms with Gasteiger partial charge in [-0.05, 0) is 38.6 Å². The Morgan fingerprint density at radius 1 is 1.21 bits per heavy atom. The molecule has 0 aliphatic carbocycles. The van der Waals surface area contributed by atoms with Crippen molar-refractivity contribution in [3.05, 3.63) is 47.2 Å². The summed E-state index contributed by atoms with van der Waals surface area (Å²) < 4.78 is 12.1. The molecule has 34 heavy (non-hydrogen) atoms. The molecular formula is C24H30N6O4. The van der Waals surface area contributed by atoms with Crippen LogP contribution in [0.1, 0.15) is 34.1 Å². The maximum Gasteiger partial charge on any atom is 0.255 e. The summed E-state index contributed by atoms with van der Waals surface area (Å²) in [5.41, 5.74) is 12.7. The van der Waals surface area contributed by atoms with Crippen molar-refractivity contribution in [1.82, 2.24) is 19.6 Å². The Morgan fingerprint density at radius 2 is 1.88 bits per heavy atom. The lowest BCUT2D eigenvalue weighted by Gasteiger charge is -2.15. The monoisotopic (exact) mass is 466 g/mol. The van der Waals surface area contributed by atoms with E-state index >= 15 is 0 Å². The van der Waals surface area contributed by atoms with Gasteiger partial charge in [-0.15, -0.1) is 0 Å². The van der Waals surface area contributed by atoms with Crippen molar-refractivity contribution in [2.75, 3.05) is 53.7 Å². The van der Waals surface area contributed by atoms with Crippen molar-refractivity contribution in [1.29, 1.82) is 0 Å². The average molecular weight is 467 g/mol. The number of rotatable bonds is 7. The molecule has 10 heteroatoms. The molecule has 2 amide bonds. The number of hydrogen-bond acceptors (Lipinski definition) is 7. The molecule has 4 N–H and O–H groups in total. The fourth-order valence-electron chi connectivity index (χ4n) is 3.68. The molecule has 1 atom stereocenters. The molecular weight excluding hydrogens is 436 g/mol. The number of benzene rings is 1. The lowest BCUT2D eigenvalue weighted by molar-refractivity contribution is -0.125. The number of anilines is 1. The molecule has 1 aliphatic rings. The molecule has 0 bridgehead atoms. The number of amides is 2. The summed E-state index contributed by atoms with van der Waals surface area (Å²) >= 11 is 0. The zero-order valence-electron chi connectivity index (χ0n) is 19.9. The van der Waals surface area contributed by atoms with Gasteiger partial charge >= 0.3 is 0 Å². The Labute approximate surface area is 199 Å². The van der Waals surface area contributed by atoms with Crippen LogP contribution in [0.15, 0.2) is 30.4 Å². The summed E-state index contributed by atoms with van der Waals surface area (Å²) in [6, 6.07) is 5.03. The summed E-state index contributed by atoms with van der Waals surface area (Å²) in [6.45, 7) is 1.67. The normalized spacial score (nSPS) is 15.4. The highest BCUT2D eigenvalue weighted by Crippen LogP contribution is 2.27. The van der Waals surface area contributed by atoms with Gasteiger partial charge in [-0.1, -0.05) is 12.0 Å². The van der Waals surface area contributed by atoms with Crippen LogP contribution in [0, 0.1) is 11.8 Å². The Bertz CT molecular complexity index is 1140. The number of nitrogen functional groups attached to an aromatic ring is 1. The standard InChI is InChI=1S/C24H30N6O4/c1-28(2)10-5-6-21(31)29-11-9-17(15-29)30-23(25)22(24(26)32)20(27-30)8-7-16-12-18(33-3)14-19(13-16)34-4/h5-6,12-14,17H,9-11,15,25H2,1-4H3,(H2,26,32)/b6-5+/t17-/m0/s1. The van der Waals surface area contributed by atoms with Gasteiger partial charge in [-0.25, -0.2) is 4.68 Å². The van der Waals surface area contributed by atoms with Crippen LogP contribution in [-0.4, -0.2) is 79.3 Å². The Kier molecular flexibility index (Phi) is 7.81. The van der Waals surface area contributed by atoms with E-state index in [1.165, 1.54) is 0 Å². The van der Waals surface area contributed by atoms with E-state index in [0.29, 0.717) is 43.1 Å². The molecule has 0 radical (unpaired) electrons. The number of likely N-dealkylation sites (N-methyl/N-ethyl adjacent to an activating group) is 1. The first-order valence-electron chi connectivity index (χ1n) is 10.8. The molecule has 1 aliphatic heterocycles. The van der Waals surface area contributed by atoms with Crippen molar-refractivity contribution in [3.63, 3.8) is 0 Å². The Balaban J connectivity index is 1.85. The number of likely N-dealkylation sites (tertiary alicyclic amines) is 1.